The molecule has 1 saturated heterocycles. The molecule has 2 heterocycles. The molecule has 17 N–H and O–H groups in total. The number of aromatic hydroxyl groups is 1. The number of likely N-dealkylation sites (tertiary alicyclic amines) is 1. The zero-order chi connectivity index (χ0) is 99.1. The Morgan fingerprint density at radius 3 is 1.68 bits per heavy atom. The van der Waals surface area contributed by atoms with E-state index in [9.17, 15) is 87.1 Å². The molecule has 13 atom stereocenters. The van der Waals surface area contributed by atoms with E-state index in [1.165, 1.54) is 50.2 Å². The van der Waals surface area contributed by atoms with Crippen LogP contribution in [0.15, 0.2) is 128 Å². The van der Waals surface area contributed by atoms with E-state index in [2.05, 4.69) is 47.5 Å². The number of fused-ring (bicyclic) bond motifs is 1. The lowest BCUT2D eigenvalue weighted by atomic mass is 9.98. The number of thioether (sulfide) groups is 1. The Morgan fingerprint density at radius 2 is 1.10 bits per heavy atom. The third-order valence-corrected chi connectivity index (χ3v) is 23.8. The number of nitrogens with zero attached hydrogens (tertiary/aromatic N) is 5. The summed E-state index contributed by atoms with van der Waals surface area (Å²) in [5, 5.41) is 61.9. The summed E-state index contributed by atoms with van der Waals surface area (Å²) in [5.41, 5.74) is 13.8. The Morgan fingerprint density at radius 1 is 0.567 bits per heavy atom. The van der Waals surface area contributed by atoms with Crippen LogP contribution in [0.1, 0.15) is 128 Å². The van der Waals surface area contributed by atoms with Crippen molar-refractivity contribution in [1.82, 2.24) is 72.0 Å². The molecule has 726 valence electrons. The summed E-state index contributed by atoms with van der Waals surface area (Å²) in [4.78, 5) is 248. The number of aliphatic hydroxyl groups is 1. The fourth-order valence-corrected chi connectivity index (χ4v) is 16.3. The summed E-state index contributed by atoms with van der Waals surface area (Å²) in [6, 6.07) is 12.0. The molecule has 0 spiro atoms. The van der Waals surface area contributed by atoms with Crippen LogP contribution in [-0.4, -0.2) is 288 Å². The first-order chi connectivity index (χ1) is 63.4. The van der Waals surface area contributed by atoms with Crippen molar-refractivity contribution < 1.29 is 115 Å². The Kier molecular flexibility index (Phi) is 41.5. The third kappa shape index (κ3) is 32.0. The molecular formula is C93H121F3N16O21S. The van der Waals surface area contributed by atoms with Gasteiger partial charge in [-0.15, -0.1) is 11.8 Å². The van der Waals surface area contributed by atoms with Gasteiger partial charge in [0.05, 0.1) is 43.5 Å². The van der Waals surface area contributed by atoms with Gasteiger partial charge in [-0.2, -0.15) is 0 Å². The minimum Gasteiger partial charge on any atom is -0.508 e. The van der Waals surface area contributed by atoms with Crippen LogP contribution >= 0.6 is 11.8 Å². The zero-order valence-corrected chi connectivity index (χ0v) is 77.2. The second-order valence-corrected chi connectivity index (χ2v) is 35.0. The number of carbonyl (C=O) groups excluding carboxylic acids is 15. The van der Waals surface area contributed by atoms with Gasteiger partial charge in [0.2, 0.25) is 82.7 Å². The number of likely N-dealkylation sites (N-methyl/N-ethyl adjacent to an activating group) is 4. The number of aliphatic carboxylic acids is 2. The molecule has 5 aromatic carbocycles. The van der Waals surface area contributed by atoms with Crippen molar-refractivity contribution in [2.45, 2.75) is 211 Å². The molecule has 1 fully saturated rings. The van der Waals surface area contributed by atoms with Crippen LogP contribution < -0.4 is 54.0 Å². The van der Waals surface area contributed by atoms with E-state index in [1.807, 2.05) is 0 Å². The first-order valence-corrected chi connectivity index (χ1v) is 45.1. The maximum Gasteiger partial charge on any atom is 0.305 e. The van der Waals surface area contributed by atoms with Gasteiger partial charge in [-0.3, -0.25) is 81.5 Å². The SMILES string of the molecule is CCCC[C@@H](C(=O)N1C[C@H](O)C[C@@H]1C(=O)N[C@@H](CC(=O)O)C(=O)N[C@H](C(=O)N(C)C(Cc1ccccc1)C(C)=O)C(C)C)N(C)C(=O)C(Cc1ccccc1)N(C)C(=O)[C@H](Cc1cc(F)c(F)c(F)c1)NC(=O)CSC[C@H](NC(=O)[C@H](CC(C)C)NC(=O)[C@H](Cc1ccc(O)cc1)NC(=O)[C@H](Cc1c[nH]c2ccccc12)NC(=O)CN(CC)C(=O)[C@@H](N)CCC(=O)O)C(=O)NCC(N)=O. The number of para-hydroxylation sites is 1. The molecule has 14 amide bonds. The monoisotopic (exact) mass is 1890 g/mol. The predicted molar refractivity (Wildman–Crippen MR) is 487 cm³/mol. The number of aromatic nitrogens is 1. The van der Waals surface area contributed by atoms with Gasteiger partial charge in [0, 0.05) is 95.6 Å². The number of phenolic OH excluding ortho intramolecular Hbond substituents is 1. The molecule has 7 rings (SSSR count). The largest absolute Gasteiger partial charge is 0.508 e. The maximum absolute atomic E-state index is 15.6. The number of aromatic amines is 1. The van der Waals surface area contributed by atoms with Crippen LogP contribution in [-0.2, 0) is 114 Å². The average molecular weight is 1890 g/mol. The topological polar surface area (TPSA) is 551 Å². The molecule has 0 aliphatic carbocycles. The number of ketones is 1. The Balaban J connectivity index is 1.13. The van der Waals surface area contributed by atoms with Gasteiger partial charge >= 0.3 is 11.9 Å². The van der Waals surface area contributed by atoms with E-state index in [-0.39, 0.29) is 69.4 Å². The molecule has 134 heavy (non-hydrogen) atoms. The second-order valence-electron chi connectivity index (χ2n) is 34.0. The van der Waals surface area contributed by atoms with E-state index in [4.69, 9.17) is 11.5 Å². The minimum absolute atomic E-state index is 0.0548. The van der Waals surface area contributed by atoms with E-state index in [0.29, 0.717) is 57.9 Å². The standard InChI is InChI=1S/C93H121F3N16O21S/c1-11-13-28-72(92(132)112-47-60(115)43-74(112)88(128)105-69(44-80(121)122)87(127)107-82(52(5)6)93(133)109(9)73(53(7)113)40-54-22-16-14-17-23-54)108(8)91(131)75(41-55-24-18-15-19-25-55)110(10)90(130)70(39-57-36-62(94)81(96)63(95)37-57)102-78(118)50-134-49-71(83(123)100-46-76(98)116)106-84(124)66(35-51(3)4)103-85(125)67(38-56-29-31-59(114)32-30-56)104-86(126)68(42-58-45-99-65-27-21-20-26-61(58)65)101-77(117)48-111(12-2)89(129)64(97)33-34-79(119)120/h14-27,29-32,36-37,45,51-52,60,64,66-75,82,99,114-115H,11-13,28,33-35,38-44,46-50,97H2,1-10H3,(H2,98,116)(H,100,123)(H,101,117)(H,102,118)(H,103,125)(H,104,126)(H,105,128)(H,106,124)(H,107,127)(H,119,120)(H,121,122)/t60-,64+,66+,67+,68+,69+,70+,71+,72+,73?,74-,75?,82+/m1/s1. The van der Waals surface area contributed by atoms with E-state index >= 15 is 28.0 Å². The molecule has 1 aromatic heterocycles. The fourth-order valence-electron chi connectivity index (χ4n) is 15.4. The number of amides is 14. The highest BCUT2D eigenvalue weighted by Crippen LogP contribution is 2.28. The average Bonchev–Trinajstić information content (AvgIpc) is 1.10. The number of β-amino-alcohol motifs (C(OH)–C–C–N with tert-alkyl or cyclic N) is 1. The summed E-state index contributed by atoms with van der Waals surface area (Å²) in [7, 11) is 3.78. The van der Waals surface area contributed by atoms with Gasteiger partial charge in [-0.1, -0.05) is 138 Å². The number of nitrogens with one attached hydrogen (secondary N) is 9. The molecular weight excluding hydrogens is 1770 g/mol. The molecule has 0 bridgehead atoms. The normalized spacial score (nSPS) is 15.4. The molecule has 41 heteroatoms. The lowest BCUT2D eigenvalue weighted by Crippen LogP contribution is -2.61. The van der Waals surface area contributed by atoms with Crippen LogP contribution in [0.3, 0.4) is 0 Å². The molecule has 2 unspecified atom stereocenters. The summed E-state index contributed by atoms with van der Waals surface area (Å²) < 4.78 is 45.1. The van der Waals surface area contributed by atoms with Crippen molar-refractivity contribution >= 4 is 123 Å². The number of Topliss-reactive ketones (excluding diaryl/α,β-unsaturated/α-hetero) is 1. The quantitative estimate of drug-likeness (QED) is 0.0243. The van der Waals surface area contributed by atoms with Crippen LogP contribution in [0.25, 0.3) is 10.9 Å². The molecule has 1 aliphatic heterocycles. The van der Waals surface area contributed by atoms with E-state index < -0.39 is 265 Å². The highest BCUT2D eigenvalue weighted by atomic mass is 32.2. The van der Waals surface area contributed by atoms with Crippen molar-refractivity contribution in [3.63, 3.8) is 0 Å². The lowest BCUT2D eigenvalue weighted by Gasteiger charge is -2.38. The number of nitrogens with two attached hydrogens (primary N) is 2. The lowest BCUT2D eigenvalue weighted by molar-refractivity contribution is -0.152. The summed E-state index contributed by atoms with van der Waals surface area (Å²) in [6.07, 6.45) is -3.14. The van der Waals surface area contributed by atoms with Crippen LogP contribution in [0.4, 0.5) is 13.2 Å². The maximum atomic E-state index is 15.6. The first-order valence-electron chi connectivity index (χ1n) is 44.0. The third-order valence-electron chi connectivity index (χ3n) is 22.8. The first kappa shape index (κ1) is 108. The van der Waals surface area contributed by atoms with Crippen molar-refractivity contribution in [3.8, 4) is 5.75 Å². The van der Waals surface area contributed by atoms with Gasteiger partial charge in [0.15, 0.2) is 23.2 Å². The molecule has 1 aliphatic rings. The van der Waals surface area contributed by atoms with E-state index in [0.717, 1.165) is 32.2 Å². The number of H-pyrrole nitrogens is 1. The number of hydrogen-bond donors (Lipinski definition) is 15. The van der Waals surface area contributed by atoms with Crippen LogP contribution in [0.2, 0.25) is 0 Å². The zero-order valence-electron chi connectivity index (χ0n) is 76.4. The number of halogens is 3. The number of hydrogen-bond acceptors (Lipinski definition) is 21. The van der Waals surface area contributed by atoms with Gasteiger partial charge in [-0.25, -0.2) is 13.2 Å². The number of primary amides is 1. The number of carbonyl (C=O) groups is 17. The summed E-state index contributed by atoms with van der Waals surface area (Å²) in [5.74, 6) is -24.5. The highest BCUT2D eigenvalue weighted by Gasteiger charge is 2.47. The second kappa shape index (κ2) is 51.6. The van der Waals surface area contributed by atoms with Gasteiger partial charge in [-0.05, 0) is 110 Å². The summed E-state index contributed by atoms with van der Waals surface area (Å²) >= 11 is 0.647. The number of benzene rings is 5. The molecule has 0 radical (unpaired) electrons. The number of rotatable bonds is 52. The van der Waals surface area contributed by atoms with Gasteiger partial charge in [0.1, 0.15) is 66.2 Å². The number of aliphatic hydroxyl groups excluding tert-OH is 1. The Labute approximate surface area is 777 Å². The minimum atomic E-state index is -1.91. The fraction of sp³-hybridized carbons (Fsp3) is 0.473. The Hall–Kier alpha value is -13.3. The molecule has 37 nitrogen and oxygen atoms in total. The van der Waals surface area contributed by atoms with Crippen molar-refractivity contribution in [2.75, 3.05) is 58.8 Å². The predicted octanol–water partition coefficient (Wildman–Crippen LogP) is 1.97. The van der Waals surface area contributed by atoms with Gasteiger partial charge in [0.25, 0.3) is 0 Å². The smallest absolute Gasteiger partial charge is 0.305 e. The highest BCUT2D eigenvalue weighted by molar-refractivity contribution is 8.00. The number of carboxylic acids is 2. The number of unbranched alkanes of at least 4 members (excludes halogenated alkanes) is 1. The van der Waals surface area contributed by atoms with E-state index in [1.54, 1.807) is 133 Å². The van der Waals surface area contributed by atoms with Crippen molar-refractivity contribution in [2.24, 2.45) is 23.3 Å². The summed E-state index contributed by atoms with van der Waals surface area (Å²) in [6.45, 7) is 9.20. The number of carboxylic acid groups (broad SMARTS) is 2. The molecule has 0 saturated carbocycles. The number of phenols is 1. The van der Waals surface area contributed by atoms with Gasteiger partial charge < -0.3 is 104 Å². The van der Waals surface area contributed by atoms with Crippen molar-refractivity contribution in [3.05, 3.63) is 173 Å². The van der Waals surface area contributed by atoms with Crippen LogP contribution in [0, 0.1) is 29.3 Å². The van der Waals surface area contributed by atoms with Crippen molar-refractivity contribution in [1.29, 1.82) is 0 Å². The molecule has 6 aromatic rings. The Bertz CT molecular complexity index is 5130. The van der Waals surface area contributed by atoms with Crippen LogP contribution in [0.5, 0.6) is 5.75 Å².